The van der Waals surface area contributed by atoms with E-state index in [-0.39, 0.29) is 24.1 Å². The van der Waals surface area contributed by atoms with Crippen LogP contribution < -0.4 is 10.6 Å². The number of amides is 1. The molecule has 0 saturated heterocycles. The summed E-state index contributed by atoms with van der Waals surface area (Å²) in [6.45, 7) is 2.99. The van der Waals surface area contributed by atoms with Crippen LogP contribution in [-0.2, 0) is 19.5 Å². The number of carbonyl (C=O) groups excluding carboxylic acids is 1. The molecule has 0 bridgehead atoms. The normalized spacial score (nSPS) is 12.1. The average Bonchev–Trinajstić information content (AvgIpc) is 3.49. The van der Waals surface area contributed by atoms with Crippen LogP contribution in [0.15, 0.2) is 72.9 Å². The highest BCUT2D eigenvalue weighted by molar-refractivity contribution is 7.09. The number of carbonyl (C=O) groups is 1. The van der Waals surface area contributed by atoms with Crippen LogP contribution in [0, 0.1) is 5.82 Å². The molecule has 1 unspecified atom stereocenters. The quantitative estimate of drug-likeness (QED) is 0.310. The molecule has 2 N–H and O–H groups in total. The topological polar surface area (TPSA) is 97.6 Å². The zero-order valence-electron chi connectivity index (χ0n) is 19.6. The highest BCUT2D eigenvalue weighted by Crippen LogP contribution is 2.21. The summed E-state index contributed by atoms with van der Waals surface area (Å²) in [6, 6.07) is 20.3. The lowest BCUT2D eigenvalue weighted by atomic mass is 10.2. The zero-order valence-corrected chi connectivity index (χ0v) is 20.4. The molecule has 182 valence electrons. The molecule has 0 aliphatic carbocycles. The first kappa shape index (κ1) is 23.7. The Labute approximate surface area is 211 Å². The molecule has 0 aliphatic rings. The first-order chi connectivity index (χ1) is 17.6. The van der Waals surface area contributed by atoms with Crippen molar-refractivity contribution in [2.45, 2.75) is 32.5 Å². The molecule has 3 aromatic heterocycles. The van der Waals surface area contributed by atoms with Crippen molar-refractivity contribution in [3.8, 4) is 0 Å². The Kier molecular flexibility index (Phi) is 7.06. The molecule has 1 amide bonds. The van der Waals surface area contributed by atoms with Gasteiger partial charge in [-0.25, -0.2) is 19.0 Å². The van der Waals surface area contributed by atoms with Gasteiger partial charge in [0, 0.05) is 42.3 Å². The van der Waals surface area contributed by atoms with Crippen molar-refractivity contribution in [2.24, 2.45) is 0 Å². The van der Waals surface area contributed by atoms with Gasteiger partial charge in [-0.15, -0.1) is 0 Å². The van der Waals surface area contributed by atoms with Crippen molar-refractivity contribution in [2.75, 3.05) is 5.32 Å². The van der Waals surface area contributed by atoms with Gasteiger partial charge < -0.3 is 5.32 Å². The maximum absolute atomic E-state index is 14.2. The number of halogens is 1. The lowest BCUT2D eigenvalue weighted by molar-refractivity contribution is 0.102. The van der Waals surface area contributed by atoms with E-state index in [1.807, 2.05) is 18.2 Å². The summed E-state index contributed by atoms with van der Waals surface area (Å²) in [7, 11) is 0. The summed E-state index contributed by atoms with van der Waals surface area (Å²) < 4.78 is 20.1. The number of anilines is 1. The molecule has 3 heterocycles. The third kappa shape index (κ3) is 5.45. The Morgan fingerprint density at radius 2 is 1.89 bits per heavy atom. The molecule has 0 spiro atoms. The van der Waals surface area contributed by atoms with E-state index in [9.17, 15) is 9.18 Å². The minimum Gasteiger partial charge on any atom is -0.310 e. The predicted octanol–water partition coefficient (Wildman–Crippen LogP) is 4.44. The van der Waals surface area contributed by atoms with E-state index in [1.54, 1.807) is 36.5 Å². The van der Waals surface area contributed by atoms with Crippen LogP contribution in [-0.4, -0.2) is 36.1 Å². The number of pyridine rings is 1. The van der Waals surface area contributed by atoms with Crippen molar-refractivity contribution in [3.63, 3.8) is 0 Å². The third-order valence-electron chi connectivity index (χ3n) is 5.67. The van der Waals surface area contributed by atoms with Crippen molar-refractivity contribution >= 4 is 33.6 Å². The minimum atomic E-state index is -0.418. The standard InChI is InChI=1S/C26H24FN7OS/c1-17(29-15-18-8-3-2-4-9-18)14-22-30-26(36-33-22)31-25(35)23-20-11-7-13-28-24(20)34(32-23)16-19-10-5-6-12-21(19)27/h2-13,17,29H,14-16H2,1H3,(H,30,31,33,35). The highest BCUT2D eigenvalue weighted by Gasteiger charge is 2.20. The second-order valence-corrected chi connectivity index (χ2v) is 9.17. The summed E-state index contributed by atoms with van der Waals surface area (Å²) in [5.74, 6) is -0.102. The van der Waals surface area contributed by atoms with Gasteiger partial charge in [-0.3, -0.25) is 10.1 Å². The van der Waals surface area contributed by atoms with Gasteiger partial charge in [-0.05, 0) is 30.7 Å². The fraction of sp³-hybridized carbons (Fsp3) is 0.192. The molecule has 2 aromatic carbocycles. The van der Waals surface area contributed by atoms with E-state index < -0.39 is 5.91 Å². The van der Waals surface area contributed by atoms with Crippen molar-refractivity contribution in [3.05, 3.63) is 101 Å². The van der Waals surface area contributed by atoms with Gasteiger partial charge in [0.15, 0.2) is 11.3 Å². The van der Waals surface area contributed by atoms with Gasteiger partial charge in [0.1, 0.15) is 11.6 Å². The van der Waals surface area contributed by atoms with E-state index in [2.05, 4.69) is 49.1 Å². The highest BCUT2D eigenvalue weighted by atomic mass is 32.1. The Morgan fingerprint density at radius 1 is 1.08 bits per heavy atom. The molecule has 0 saturated carbocycles. The van der Waals surface area contributed by atoms with Crippen molar-refractivity contribution < 1.29 is 9.18 Å². The predicted molar refractivity (Wildman–Crippen MR) is 137 cm³/mol. The largest absolute Gasteiger partial charge is 0.310 e. The Balaban J connectivity index is 1.26. The minimum absolute atomic E-state index is 0.157. The number of rotatable bonds is 9. The third-order valence-corrected chi connectivity index (χ3v) is 6.34. The lowest BCUT2D eigenvalue weighted by Crippen LogP contribution is -2.27. The molecule has 0 radical (unpaired) electrons. The molecular weight excluding hydrogens is 477 g/mol. The van der Waals surface area contributed by atoms with Crippen LogP contribution in [0.5, 0.6) is 0 Å². The van der Waals surface area contributed by atoms with Crippen LogP contribution in [0.25, 0.3) is 11.0 Å². The summed E-state index contributed by atoms with van der Waals surface area (Å²) in [4.78, 5) is 21.9. The van der Waals surface area contributed by atoms with E-state index in [0.717, 1.165) is 18.1 Å². The summed E-state index contributed by atoms with van der Waals surface area (Å²) in [6.07, 6.45) is 2.25. The number of fused-ring (bicyclic) bond motifs is 1. The van der Waals surface area contributed by atoms with Crippen LogP contribution >= 0.6 is 11.5 Å². The monoisotopic (exact) mass is 501 g/mol. The van der Waals surface area contributed by atoms with Gasteiger partial charge in [-0.1, -0.05) is 48.5 Å². The fourth-order valence-corrected chi connectivity index (χ4v) is 4.45. The van der Waals surface area contributed by atoms with Crippen LogP contribution in [0.1, 0.15) is 34.4 Å². The first-order valence-corrected chi connectivity index (χ1v) is 12.3. The molecular formula is C26H24FN7OS. The smallest absolute Gasteiger partial charge is 0.278 e. The molecule has 36 heavy (non-hydrogen) atoms. The molecule has 0 aliphatic heterocycles. The van der Waals surface area contributed by atoms with Gasteiger partial charge in [0.2, 0.25) is 5.13 Å². The first-order valence-electron chi connectivity index (χ1n) is 11.5. The summed E-state index contributed by atoms with van der Waals surface area (Å²) >= 11 is 1.13. The molecule has 0 fully saturated rings. The Bertz CT molecular complexity index is 1480. The van der Waals surface area contributed by atoms with E-state index in [4.69, 9.17) is 0 Å². The van der Waals surface area contributed by atoms with E-state index in [0.29, 0.717) is 34.0 Å². The van der Waals surface area contributed by atoms with Crippen molar-refractivity contribution in [1.29, 1.82) is 0 Å². The maximum Gasteiger partial charge on any atom is 0.278 e. The number of hydrogen-bond donors (Lipinski definition) is 2. The zero-order chi connectivity index (χ0) is 24.9. The Hall–Kier alpha value is -4.02. The maximum atomic E-state index is 14.2. The number of nitrogens with one attached hydrogen (secondary N) is 2. The number of aromatic nitrogens is 5. The summed E-state index contributed by atoms with van der Waals surface area (Å²) in [5.41, 5.74) is 2.37. The molecule has 5 aromatic rings. The molecule has 10 heteroatoms. The second-order valence-electron chi connectivity index (χ2n) is 8.41. The van der Waals surface area contributed by atoms with Gasteiger partial charge in [0.05, 0.1) is 11.9 Å². The Morgan fingerprint density at radius 3 is 2.72 bits per heavy atom. The van der Waals surface area contributed by atoms with Gasteiger partial charge >= 0.3 is 0 Å². The van der Waals surface area contributed by atoms with Crippen LogP contribution in [0.4, 0.5) is 9.52 Å². The molecule has 5 rings (SSSR count). The number of hydrogen-bond acceptors (Lipinski definition) is 7. The fourth-order valence-electron chi connectivity index (χ4n) is 3.85. The average molecular weight is 502 g/mol. The molecule has 1 atom stereocenters. The van der Waals surface area contributed by atoms with Crippen molar-refractivity contribution in [1.82, 2.24) is 29.4 Å². The van der Waals surface area contributed by atoms with E-state index >= 15 is 0 Å². The van der Waals surface area contributed by atoms with Crippen LogP contribution in [0.3, 0.4) is 0 Å². The number of benzene rings is 2. The number of nitrogens with zero attached hydrogens (tertiary/aromatic N) is 5. The van der Waals surface area contributed by atoms with Gasteiger partial charge in [-0.2, -0.15) is 9.47 Å². The molecule has 8 nitrogen and oxygen atoms in total. The lowest BCUT2D eigenvalue weighted by Gasteiger charge is -2.11. The summed E-state index contributed by atoms with van der Waals surface area (Å²) in [5, 5.41) is 11.7. The van der Waals surface area contributed by atoms with Gasteiger partial charge in [0.25, 0.3) is 5.91 Å². The SMILES string of the molecule is CC(Cc1nsc(NC(=O)c2nn(Cc3ccccc3F)c3ncccc23)n1)NCc1ccccc1. The van der Waals surface area contributed by atoms with Crippen LogP contribution in [0.2, 0.25) is 0 Å². The second kappa shape index (κ2) is 10.7. The van der Waals surface area contributed by atoms with E-state index in [1.165, 1.54) is 16.3 Å².